The fourth-order valence-electron chi connectivity index (χ4n) is 2.53. The minimum atomic E-state index is 0. The van der Waals surface area contributed by atoms with Gasteiger partial charge in [-0.2, -0.15) is 0 Å². The molecule has 0 saturated carbocycles. The van der Waals surface area contributed by atoms with Crippen LogP contribution in [0.3, 0.4) is 0 Å². The highest BCUT2D eigenvalue weighted by molar-refractivity contribution is 14.0. The van der Waals surface area contributed by atoms with Crippen molar-refractivity contribution in [1.29, 1.82) is 0 Å². The van der Waals surface area contributed by atoms with Gasteiger partial charge in [0.05, 0.1) is 5.69 Å². The van der Waals surface area contributed by atoms with Crippen LogP contribution in [0.2, 0.25) is 5.15 Å². The third kappa shape index (κ3) is 7.49. The Bertz CT molecular complexity index is 668. The summed E-state index contributed by atoms with van der Waals surface area (Å²) in [5, 5.41) is 11.1. The fraction of sp³-hybridized carbons (Fsp3) is 0.500. The van der Waals surface area contributed by atoms with Crippen LogP contribution in [0.4, 0.5) is 0 Å². The van der Waals surface area contributed by atoms with Crippen LogP contribution in [0.25, 0.3) is 0 Å². The molecule has 0 aliphatic rings. The van der Waals surface area contributed by atoms with Crippen LogP contribution in [0.15, 0.2) is 27.8 Å². The van der Waals surface area contributed by atoms with Crippen molar-refractivity contribution in [1.82, 2.24) is 20.8 Å². The van der Waals surface area contributed by atoms with Gasteiger partial charge >= 0.3 is 0 Å². The lowest BCUT2D eigenvalue weighted by atomic mass is 10.1. The summed E-state index contributed by atoms with van der Waals surface area (Å²) < 4.78 is 5.19. The molecular weight excluding hydrogens is 465 g/mol. The number of aromatic nitrogens is 2. The van der Waals surface area contributed by atoms with Crippen molar-refractivity contribution in [3.63, 3.8) is 0 Å². The smallest absolute Gasteiger partial charge is 0.191 e. The molecule has 0 unspecified atom stereocenters. The standard InChI is InChI=1S/C18H26ClN5O.HI/c1-4-20-18(22-11-9-15-7-8-17(19)23-12-15)21-10-5-6-16-13(2)24-25-14(16)3;/h7-8,12H,4-6,9-11H2,1-3H3,(H2,20,21,22);1H. The van der Waals surface area contributed by atoms with Gasteiger partial charge in [0.15, 0.2) is 5.96 Å². The zero-order valence-corrected chi connectivity index (χ0v) is 18.6. The molecule has 0 saturated heterocycles. The number of nitrogens with one attached hydrogen (secondary N) is 2. The first kappa shape index (κ1) is 22.7. The number of aryl methyl sites for hydroxylation is 2. The normalized spacial score (nSPS) is 11.2. The molecule has 6 nitrogen and oxygen atoms in total. The van der Waals surface area contributed by atoms with Gasteiger partial charge in [-0.25, -0.2) is 4.98 Å². The Morgan fingerprint density at radius 2 is 2.04 bits per heavy atom. The predicted octanol–water partition coefficient (Wildman–Crippen LogP) is 3.69. The quantitative estimate of drug-likeness (QED) is 0.194. The van der Waals surface area contributed by atoms with E-state index in [0.29, 0.717) is 5.15 Å². The van der Waals surface area contributed by atoms with Crippen LogP contribution in [0, 0.1) is 13.8 Å². The molecule has 0 fully saturated rings. The van der Waals surface area contributed by atoms with Crippen LogP contribution in [0.5, 0.6) is 0 Å². The second kappa shape index (κ2) is 12.1. The topological polar surface area (TPSA) is 75.3 Å². The molecule has 0 aliphatic heterocycles. The minimum Gasteiger partial charge on any atom is -0.361 e. The van der Waals surface area contributed by atoms with E-state index in [2.05, 4.69) is 32.7 Å². The summed E-state index contributed by atoms with van der Waals surface area (Å²) in [6.45, 7) is 8.37. The second-order valence-electron chi connectivity index (χ2n) is 5.83. The number of pyridine rings is 1. The molecule has 2 rings (SSSR count). The molecule has 0 atom stereocenters. The summed E-state index contributed by atoms with van der Waals surface area (Å²) in [5.74, 6) is 1.74. The van der Waals surface area contributed by atoms with E-state index in [4.69, 9.17) is 16.1 Å². The number of halogens is 2. The zero-order valence-electron chi connectivity index (χ0n) is 15.5. The molecule has 0 bridgehead atoms. The Kier molecular flexibility index (Phi) is 10.6. The van der Waals surface area contributed by atoms with Gasteiger partial charge < -0.3 is 15.2 Å². The van der Waals surface area contributed by atoms with E-state index in [1.807, 2.05) is 26.0 Å². The van der Waals surface area contributed by atoms with Gasteiger partial charge in [0.2, 0.25) is 0 Å². The average Bonchev–Trinajstić information content (AvgIpc) is 2.92. The average molecular weight is 492 g/mol. The molecule has 0 aliphatic carbocycles. The summed E-state index contributed by atoms with van der Waals surface area (Å²) in [5.41, 5.74) is 3.32. The monoisotopic (exact) mass is 491 g/mol. The molecule has 2 aromatic heterocycles. The number of hydrogen-bond acceptors (Lipinski definition) is 4. The second-order valence-corrected chi connectivity index (χ2v) is 6.22. The highest BCUT2D eigenvalue weighted by Gasteiger charge is 2.07. The van der Waals surface area contributed by atoms with Crippen LogP contribution in [-0.2, 0) is 12.8 Å². The van der Waals surface area contributed by atoms with Gasteiger partial charge in [-0.3, -0.25) is 4.99 Å². The predicted molar refractivity (Wildman–Crippen MR) is 117 cm³/mol. The summed E-state index contributed by atoms with van der Waals surface area (Å²) >= 11 is 5.80. The molecule has 8 heteroatoms. The Morgan fingerprint density at radius 3 is 2.65 bits per heavy atom. The van der Waals surface area contributed by atoms with E-state index >= 15 is 0 Å². The molecular formula is C18H27ClIN5O. The van der Waals surface area contributed by atoms with E-state index in [-0.39, 0.29) is 24.0 Å². The maximum Gasteiger partial charge on any atom is 0.191 e. The Morgan fingerprint density at radius 1 is 1.23 bits per heavy atom. The lowest BCUT2D eigenvalue weighted by Gasteiger charge is -2.11. The number of hydrogen-bond donors (Lipinski definition) is 2. The van der Waals surface area contributed by atoms with E-state index in [0.717, 1.165) is 61.9 Å². The van der Waals surface area contributed by atoms with Crippen molar-refractivity contribution in [3.05, 3.63) is 46.1 Å². The van der Waals surface area contributed by atoms with Crippen LogP contribution in [0.1, 0.15) is 35.9 Å². The van der Waals surface area contributed by atoms with Crippen molar-refractivity contribution in [3.8, 4) is 0 Å². The van der Waals surface area contributed by atoms with E-state index in [1.54, 1.807) is 6.20 Å². The SMILES string of the molecule is CCNC(=NCCCc1c(C)noc1C)NCCc1ccc(Cl)nc1.I. The Balaban J connectivity index is 0.00000338. The number of aliphatic imine (C=N–C) groups is 1. The first-order valence-corrected chi connectivity index (χ1v) is 9.02. The first-order valence-electron chi connectivity index (χ1n) is 8.64. The van der Waals surface area contributed by atoms with Crippen molar-refractivity contribution >= 4 is 41.5 Å². The van der Waals surface area contributed by atoms with Gasteiger partial charge in [-0.15, -0.1) is 24.0 Å². The van der Waals surface area contributed by atoms with Crippen molar-refractivity contribution in [2.24, 2.45) is 4.99 Å². The van der Waals surface area contributed by atoms with Crippen molar-refractivity contribution < 1.29 is 4.52 Å². The van der Waals surface area contributed by atoms with E-state index in [9.17, 15) is 0 Å². The zero-order chi connectivity index (χ0) is 18.1. The maximum atomic E-state index is 5.80. The molecule has 26 heavy (non-hydrogen) atoms. The van der Waals surface area contributed by atoms with Gasteiger partial charge in [-0.05, 0) is 51.7 Å². The van der Waals surface area contributed by atoms with E-state index < -0.39 is 0 Å². The van der Waals surface area contributed by atoms with Gasteiger partial charge in [0.25, 0.3) is 0 Å². The molecule has 2 N–H and O–H groups in total. The molecule has 2 aromatic rings. The fourth-order valence-corrected chi connectivity index (χ4v) is 2.64. The lowest BCUT2D eigenvalue weighted by molar-refractivity contribution is 0.392. The molecule has 144 valence electrons. The van der Waals surface area contributed by atoms with Crippen molar-refractivity contribution in [2.45, 2.75) is 40.0 Å². The first-order chi connectivity index (χ1) is 12.1. The molecule has 0 radical (unpaired) electrons. The van der Waals surface area contributed by atoms with Crippen LogP contribution >= 0.6 is 35.6 Å². The molecule has 2 heterocycles. The van der Waals surface area contributed by atoms with Crippen LogP contribution < -0.4 is 10.6 Å². The van der Waals surface area contributed by atoms with Gasteiger partial charge in [0.1, 0.15) is 10.9 Å². The Labute approximate surface area is 177 Å². The number of rotatable bonds is 8. The summed E-state index contributed by atoms with van der Waals surface area (Å²) in [6, 6.07) is 3.80. The Hall–Kier alpha value is -1.35. The lowest BCUT2D eigenvalue weighted by Crippen LogP contribution is -2.38. The molecule has 0 aromatic carbocycles. The summed E-state index contributed by atoms with van der Waals surface area (Å²) in [7, 11) is 0. The largest absolute Gasteiger partial charge is 0.361 e. The minimum absolute atomic E-state index is 0. The highest BCUT2D eigenvalue weighted by atomic mass is 127. The molecule has 0 spiro atoms. The van der Waals surface area contributed by atoms with Crippen molar-refractivity contribution in [2.75, 3.05) is 19.6 Å². The number of guanidine groups is 1. The van der Waals surface area contributed by atoms with Gasteiger partial charge in [0, 0.05) is 31.4 Å². The summed E-state index contributed by atoms with van der Waals surface area (Å²) in [6.07, 6.45) is 4.56. The third-order valence-electron chi connectivity index (χ3n) is 3.88. The van der Waals surface area contributed by atoms with E-state index in [1.165, 1.54) is 5.56 Å². The highest BCUT2D eigenvalue weighted by Crippen LogP contribution is 2.14. The third-order valence-corrected chi connectivity index (χ3v) is 4.10. The molecule has 0 amide bonds. The summed E-state index contributed by atoms with van der Waals surface area (Å²) in [4.78, 5) is 8.72. The number of nitrogens with zero attached hydrogens (tertiary/aromatic N) is 3. The van der Waals surface area contributed by atoms with Gasteiger partial charge in [-0.1, -0.05) is 22.8 Å². The maximum absolute atomic E-state index is 5.80. The van der Waals surface area contributed by atoms with Crippen LogP contribution in [-0.4, -0.2) is 35.7 Å².